The number of hydrogen-bond acceptors (Lipinski definition) is 3. The van der Waals surface area contributed by atoms with Gasteiger partial charge in [-0.1, -0.05) is 6.92 Å². The lowest BCUT2D eigenvalue weighted by Gasteiger charge is -2.02. The minimum absolute atomic E-state index is 0.0705. The van der Waals surface area contributed by atoms with Crippen molar-refractivity contribution in [1.82, 2.24) is 19.3 Å². The van der Waals surface area contributed by atoms with E-state index in [4.69, 9.17) is 17.3 Å². The maximum Gasteiger partial charge on any atom is 0.262 e. The third kappa shape index (κ3) is 1.79. The predicted octanol–water partition coefficient (Wildman–Crippen LogP) is 1.91. The molecule has 0 aliphatic rings. The van der Waals surface area contributed by atoms with Gasteiger partial charge < -0.3 is 15.4 Å². The summed E-state index contributed by atoms with van der Waals surface area (Å²) in [6.07, 6.45) is 4.43. The van der Waals surface area contributed by atoms with Crippen molar-refractivity contribution < 1.29 is 0 Å². The van der Waals surface area contributed by atoms with Crippen molar-refractivity contribution in [3.8, 4) is 0 Å². The number of halogens is 1. The van der Waals surface area contributed by atoms with Crippen LogP contribution in [0.1, 0.15) is 13.3 Å². The van der Waals surface area contributed by atoms with Crippen LogP contribution >= 0.6 is 11.6 Å². The van der Waals surface area contributed by atoms with E-state index in [1.165, 1.54) is 0 Å². The van der Waals surface area contributed by atoms with Gasteiger partial charge in [-0.2, -0.15) is 0 Å². The Morgan fingerprint density at radius 2 is 2.25 bits per heavy atom. The summed E-state index contributed by atoms with van der Waals surface area (Å²) in [6.45, 7) is 3.32. The van der Waals surface area contributed by atoms with E-state index in [9.17, 15) is 4.79 Å². The van der Waals surface area contributed by atoms with Crippen molar-refractivity contribution in [2.24, 2.45) is 0 Å². The monoisotopic (exact) mass is 293 g/mol. The molecule has 3 aromatic rings. The first-order valence-electron chi connectivity index (χ1n) is 6.59. The van der Waals surface area contributed by atoms with E-state index >= 15 is 0 Å². The zero-order valence-electron chi connectivity index (χ0n) is 11.2. The van der Waals surface area contributed by atoms with Crippen LogP contribution in [-0.4, -0.2) is 25.2 Å². The molecule has 106 valence electrons. The largest absolute Gasteiger partial charge is 0.397 e. The molecule has 3 aromatic heterocycles. The van der Waals surface area contributed by atoms with Gasteiger partial charge in [-0.05, 0) is 6.42 Å². The lowest BCUT2D eigenvalue weighted by atomic mass is 10.2. The van der Waals surface area contributed by atoms with E-state index in [-0.39, 0.29) is 5.56 Å². The number of nitrogen functional groups attached to an aromatic ring is 1. The molecular formula is C13H16ClN5O. The number of anilines is 1. The van der Waals surface area contributed by atoms with Gasteiger partial charge in [-0.25, -0.2) is 4.98 Å². The van der Waals surface area contributed by atoms with Crippen LogP contribution in [0, 0.1) is 0 Å². The van der Waals surface area contributed by atoms with E-state index in [1.54, 1.807) is 17.0 Å². The molecular weight excluding hydrogens is 278 g/mol. The van der Waals surface area contributed by atoms with E-state index in [0.717, 1.165) is 17.5 Å². The highest BCUT2D eigenvalue weighted by atomic mass is 35.5. The predicted molar refractivity (Wildman–Crippen MR) is 81.3 cm³/mol. The van der Waals surface area contributed by atoms with Crippen molar-refractivity contribution in [2.45, 2.75) is 26.4 Å². The number of nitrogens with two attached hydrogens (primary N) is 1. The van der Waals surface area contributed by atoms with Crippen LogP contribution < -0.4 is 11.3 Å². The molecule has 0 radical (unpaired) electrons. The van der Waals surface area contributed by atoms with Gasteiger partial charge in [0, 0.05) is 24.8 Å². The SMILES string of the molecule is CCCn1cc2nc3c(c[nH]n3CCCl)c(N)c2c1=O. The molecule has 0 saturated carbocycles. The molecule has 3 N–H and O–H groups in total. The van der Waals surface area contributed by atoms with Crippen LogP contribution in [0.4, 0.5) is 5.69 Å². The molecule has 0 fully saturated rings. The Bertz CT molecular complexity index is 829. The van der Waals surface area contributed by atoms with Crippen molar-refractivity contribution in [1.29, 1.82) is 0 Å². The summed E-state index contributed by atoms with van der Waals surface area (Å²) in [5.74, 6) is 0.476. The van der Waals surface area contributed by atoms with Gasteiger partial charge in [-0.3, -0.25) is 9.48 Å². The summed E-state index contributed by atoms with van der Waals surface area (Å²) in [6, 6.07) is 0. The second-order valence-electron chi connectivity index (χ2n) is 4.76. The topological polar surface area (TPSA) is 81.6 Å². The van der Waals surface area contributed by atoms with Gasteiger partial charge in [0.2, 0.25) is 0 Å². The van der Waals surface area contributed by atoms with Gasteiger partial charge >= 0.3 is 0 Å². The maximum absolute atomic E-state index is 12.3. The molecule has 0 unspecified atom stereocenters. The minimum Gasteiger partial charge on any atom is -0.397 e. The lowest BCUT2D eigenvalue weighted by molar-refractivity contribution is 0.667. The number of fused-ring (bicyclic) bond motifs is 2. The highest BCUT2D eigenvalue weighted by Gasteiger charge is 2.16. The minimum atomic E-state index is -0.0705. The standard InChI is InChI=1S/C13H16ClN5O/c1-2-4-18-7-9-10(13(18)20)11(15)8-6-16-19(5-3-14)12(8)17-9/h6-7,16H,2-5,15H2,1H3. The zero-order chi connectivity index (χ0) is 14.3. The number of aromatic amines is 1. The fourth-order valence-corrected chi connectivity index (χ4v) is 2.67. The molecule has 0 aliphatic carbocycles. The fourth-order valence-electron chi connectivity index (χ4n) is 2.50. The summed E-state index contributed by atoms with van der Waals surface area (Å²) in [4.78, 5) is 16.9. The molecule has 0 aromatic carbocycles. The number of alkyl halides is 1. The molecule has 3 rings (SSSR count). The van der Waals surface area contributed by atoms with Crippen LogP contribution in [0.15, 0.2) is 17.2 Å². The Morgan fingerprint density at radius 1 is 1.45 bits per heavy atom. The van der Waals surface area contributed by atoms with Crippen LogP contribution in [0.25, 0.3) is 21.9 Å². The van der Waals surface area contributed by atoms with Gasteiger partial charge in [-0.15, -0.1) is 11.6 Å². The van der Waals surface area contributed by atoms with E-state index in [0.29, 0.717) is 35.6 Å². The van der Waals surface area contributed by atoms with Crippen LogP contribution in [0.3, 0.4) is 0 Å². The Hall–Kier alpha value is -1.95. The number of rotatable bonds is 4. The molecule has 0 atom stereocenters. The normalized spacial score (nSPS) is 11.7. The number of nitrogens with zero attached hydrogens (tertiary/aromatic N) is 3. The Kier molecular flexibility index (Phi) is 3.17. The van der Waals surface area contributed by atoms with E-state index in [1.807, 2.05) is 11.6 Å². The number of H-pyrrole nitrogens is 1. The average molecular weight is 294 g/mol. The summed E-state index contributed by atoms with van der Waals surface area (Å²) in [5, 5.41) is 4.32. The Labute approximate surface area is 120 Å². The molecule has 0 aliphatic heterocycles. The van der Waals surface area contributed by atoms with Crippen LogP contribution in [-0.2, 0) is 13.1 Å². The number of aryl methyl sites for hydroxylation is 2. The smallest absolute Gasteiger partial charge is 0.262 e. The van der Waals surface area contributed by atoms with Crippen molar-refractivity contribution >= 4 is 39.2 Å². The van der Waals surface area contributed by atoms with Crippen molar-refractivity contribution in [2.75, 3.05) is 11.6 Å². The summed E-state index contributed by atoms with van der Waals surface area (Å²) in [5.41, 5.74) is 7.93. The first kappa shape index (κ1) is 13.1. The van der Waals surface area contributed by atoms with Crippen LogP contribution in [0.5, 0.6) is 0 Å². The number of hydrogen-bond donors (Lipinski definition) is 2. The second-order valence-corrected chi connectivity index (χ2v) is 5.14. The van der Waals surface area contributed by atoms with Crippen molar-refractivity contribution in [3.05, 3.63) is 22.7 Å². The number of aromatic nitrogens is 4. The summed E-state index contributed by atoms with van der Waals surface area (Å²) < 4.78 is 3.50. The van der Waals surface area contributed by atoms with Gasteiger partial charge in [0.15, 0.2) is 5.65 Å². The third-order valence-electron chi connectivity index (χ3n) is 3.43. The highest BCUT2D eigenvalue weighted by Crippen LogP contribution is 2.26. The van der Waals surface area contributed by atoms with Gasteiger partial charge in [0.25, 0.3) is 5.56 Å². The van der Waals surface area contributed by atoms with Crippen molar-refractivity contribution in [3.63, 3.8) is 0 Å². The summed E-state index contributed by atoms with van der Waals surface area (Å²) in [7, 11) is 0. The highest BCUT2D eigenvalue weighted by molar-refractivity contribution is 6.17. The molecule has 20 heavy (non-hydrogen) atoms. The second kappa shape index (κ2) is 4.86. The quantitative estimate of drug-likeness (QED) is 0.721. The molecule has 0 spiro atoms. The first-order valence-corrected chi connectivity index (χ1v) is 7.13. The Balaban J connectivity index is 2.33. The molecule has 0 amide bonds. The number of pyridine rings is 1. The molecule has 6 nitrogen and oxygen atoms in total. The fraction of sp³-hybridized carbons (Fsp3) is 0.385. The zero-order valence-corrected chi connectivity index (χ0v) is 11.9. The Morgan fingerprint density at radius 3 is 2.95 bits per heavy atom. The molecule has 7 heteroatoms. The van der Waals surface area contributed by atoms with Gasteiger partial charge in [0.05, 0.1) is 28.5 Å². The number of nitrogens with one attached hydrogen (secondary N) is 1. The van der Waals surface area contributed by atoms with E-state index < -0.39 is 0 Å². The molecule has 0 saturated heterocycles. The maximum atomic E-state index is 12.3. The summed E-state index contributed by atoms with van der Waals surface area (Å²) >= 11 is 5.77. The average Bonchev–Trinajstić information content (AvgIpc) is 2.95. The van der Waals surface area contributed by atoms with E-state index in [2.05, 4.69) is 10.1 Å². The lowest BCUT2D eigenvalue weighted by Crippen LogP contribution is -2.14. The molecule has 0 bridgehead atoms. The third-order valence-corrected chi connectivity index (χ3v) is 3.60. The first-order chi connectivity index (χ1) is 9.67. The van der Waals surface area contributed by atoms with Gasteiger partial charge in [0.1, 0.15) is 0 Å². The van der Waals surface area contributed by atoms with Crippen LogP contribution in [0.2, 0.25) is 0 Å². The molecule has 3 heterocycles.